The number of hydrogen-bond donors (Lipinski definition) is 3. The molecule has 1 aromatic rings. The van der Waals surface area contributed by atoms with Crippen molar-refractivity contribution in [3.8, 4) is 5.75 Å². The molecule has 22 heavy (non-hydrogen) atoms. The normalized spacial score (nSPS) is 11.1. The number of nitrogens with two attached hydrogens (primary N) is 1. The molecular weight excluding hydrogens is 296 g/mol. The second-order valence-electron chi connectivity index (χ2n) is 5.27. The van der Waals surface area contributed by atoms with Gasteiger partial charge in [0.25, 0.3) is 0 Å². The highest BCUT2D eigenvalue weighted by Gasteiger charge is 2.25. The third-order valence-electron chi connectivity index (χ3n) is 2.99. The highest BCUT2D eigenvalue weighted by atomic mass is 19.3. The Morgan fingerprint density at radius 1 is 1.27 bits per heavy atom. The lowest BCUT2D eigenvalue weighted by Crippen LogP contribution is -2.45. The summed E-state index contributed by atoms with van der Waals surface area (Å²) >= 11 is 0. The molecule has 8 heteroatoms. The number of benzene rings is 1. The van der Waals surface area contributed by atoms with Crippen molar-refractivity contribution in [3.05, 3.63) is 29.8 Å². The highest BCUT2D eigenvalue weighted by molar-refractivity contribution is 5.81. The van der Waals surface area contributed by atoms with Crippen LogP contribution in [0, 0.1) is 5.41 Å². The van der Waals surface area contributed by atoms with Gasteiger partial charge in [-0.1, -0.05) is 18.2 Å². The van der Waals surface area contributed by atoms with Crippen LogP contribution in [0.4, 0.5) is 13.6 Å². The average Bonchev–Trinajstić information content (AvgIpc) is 2.43. The fraction of sp³-hybridized carbons (Fsp3) is 0.429. The summed E-state index contributed by atoms with van der Waals surface area (Å²) in [5.74, 6) is -0.543. The predicted molar refractivity (Wildman–Crippen MR) is 76.3 cm³/mol. The molecule has 0 spiro atoms. The Labute approximate surface area is 127 Å². The second kappa shape index (κ2) is 7.58. The van der Waals surface area contributed by atoms with Crippen molar-refractivity contribution in [1.29, 1.82) is 0 Å². The van der Waals surface area contributed by atoms with Gasteiger partial charge in [0.15, 0.2) is 0 Å². The van der Waals surface area contributed by atoms with Crippen LogP contribution < -0.4 is 21.1 Å². The molecule has 0 aliphatic rings. The Hall–Kier alpha value is -2.38. The van der Waals surface area contributed by atoms with E-state index in [0.29, 0.717) is 5.56 Å². The van der Waals surface area contributed by atoms with E-state index in [1.807, 2.05) is 0 Å². The van der Waals surface area contributed by atoms with Gasteiger partial charge in [0.05, 0.1) is 5.41 Å². The summed E-state index contributed by atoms with van der Waals surface area (Å²) in [4.78, 5) is 22.8. The molecule has 4 N–H and O–H groups in total. The van der Waals surface area contributed by atoms with Crippen molar-refractivity contribution in [2.24, 2.45) is 11.1 Å². The zero-order valence-electron chi connectivity index (χ0n) is 12.4. The molecule has 0 saturated heterocycles. The quantitative estimate of drug-likeness (QED) is 0.713. The molecule has 0 aliphatic heterocycles. The molecule has 0 radical (unpaired) electrons. The van der Waals surface area contributed by atoms with Gasteiger partial charge in [0.1, 0.15) is 5.75 Å². The van der Waals surface area contributed by atoms with Gasteiger partial charge in [0, 0.05) is 18.7 Å². The molecule has 0 saturated carbocycles. The first-order chi connectivity index (χ1) is 10.2. The minimum absolute atomic E-state index is 0.00438. The van der Waals surface area contributed by atoms with E-state index < -0.39 is 24.0 Å². The van der Waals surface area contributed by atoms with Crippen LogP contribution in [0.15, 0.2) is 24.3 Å². The summed E-state index contributed by atoms with van der Waals surface area (Å²) in [5.41, 5.74) is 4.72. The molecule has 0 atom stereocenters. The highest BCUT2D eigenvalue weighted by Crippen LogP contribution is 2.19. The summed E-state index contributed by atoms with van der Waals surface area (Å²) in [6.45, 7) is 0.323. The Kier molecular flexibility index (Phi) is 6.09. The van der Waals surface area contributed by atoms with Gasteiger partial charge in [-0.05, 0) is 19.9 Å². The molecule has 0 aliphatic carbocycles. The number of amides is 3. The Morgan fingerprint density at radius 2 is 1.91 bits per heavy atom. The van der Waals surface area contributed by atoms with E-state index in [0.717, 1.165) is 0 Å². The number of para-hydroxylation sites is 1. The maximum atomic E-state index is 12.3. The van der Waals surface area contributed by atoms with Crippen LogP contribution >= 0.6 is 0 Å². The smallest absolute Gasteiger partial charge is 0.387 e. The van der Waals surface area contributed by atoms with Gasteiger partial charge in [0.2, 0.25) is 5.91 Å². The molecule has 0 fully saturated rings. The molecule has 1 aromatic carbocycles. The molecule has 6 nitrogen and oxygen atoms in total. The standard InChI is InChI=1S/C14H19F2N3O3/c1-14(2,11(17)20)8-19-13(21)18-7-9-5-3-4-6-10(9)22-12(15)16/h3-6,12H,7-8H2,1-2H3,(H2,17,20)(H2,18,19,21). The van der Waals surface area contributed by atoms with Crippen molar-refractivity contribution in [2.75, 3.05) is 6.54 Å². The van der Waals surface area contributed by atoms with Gasteiger partial charge in [-0.15, -0.1) is 0 Å². The minimum atomic E-state index is -2.94. The molecule has 122 valence electrons. The SMILES string of the molecule is CC(C)(CNC(=O)NCc1ccccc1OC(F)F)C(N)=O. The molecule has 0 heterocycles. The van der Waals surface area contributed by atoms with Crippen molar-refractivity contribution in [2.45, 2.75) is 27.0 Å². The van der Waals surface area contributed by atoms with E-state index in [-0.39, 0.29) is 18.8 Å². The Bertz CT molecular complexity index is 536. The van der Waals surface area contributed by atoms with Crippen LogP contribution in [0.5, 0.6) is 5.75 Å². The Balaban J connectivity index is 2.53. The molecular formula is C14H19F2N3O3. The number of carbonyl (C=O) groups excluding carboxylic acids is 2. The number of urea groups is 1. The maximum Gasteiger partial charge on any atom is 0.387 e. The van der Waals surface area contributed by atoms with Crippen LogP contribution in [0.3, 0.4) is 0 Å². The summed E-state index contributed by atoms with van der Waals surface area (Å²) in [5, 5.41) is 4.99. The van der Waals surface area contributed by atoms with Crippen LogP contribution in [0.2, 0.25) is 0 Å². The number of nitrogens with one attached hydrogen (secondary N) is 2. The van der Waals surface area contributed by atoms with E-state index >= 15 is 0 Å². The monoisotopic (exact) mass is 315 g/mol. The molecule has 0 aromatic heterocycles. The van der Waals surface area contributed by atoms with Crippen molar-refractivity contribution >= 4 is 11.9 Å². The topological polar surface area (TPSA) is 93.4 Å². The number of primary amides is 1. The number of ether oxygens (including phenoxy) is 1. The van der Waals surface area contributed by atoms with Gasteiger partial charge in [-0.3, -0.25) is 4.79 Å². The number of hydrogen-bond acceptors (Lipinski definition) is 3. The molecule has 0 unspecified atom stereocenters. The van der Waals surface area contributed by atoms with Gasteiger partial charge >= 0.3 is 12.6 Å². The lowest BCUT2D eigenvalue weighted by Gasteiger charge is -2.21. The lowest BCUT2D eigenvalue weighted by molar-refractivity contribution is -0.125. The molecule has 3 amide bonds. The van der Waals surface area contributed by atoms with Crippen LogP contribution in [-0.2, 0) is 11.3 Å². The third kappa shape index (κ3) is 5.55. The van der Waals surface area contributed by atoms with Gasteiger partial charge in [-0.2, -0.15) is 8.78 Å². The first-order valence-corrected chi connectivity index (χ1v) is 6.56. The zero-order valence-corrected chi connectivity index (χ0v) is 12.4. The van der Waals surface area contributed by atoms with Crippen molar-refractivity contribution in [1.82, 2.24) is 10.6 Å². The van der Waals surface area contributed by atoms with Crippen LogP contribution in [0.25, 0.3) is 0 Å². The summed E-state index contributed by atoms with van der Waals surface area (Å²) in [6.07, 6.45) is 0. The second-order valence-corrected chi connectivity index (χ2v) is 5.27. The van der Waals surface area contributed by atoms with Crippen molar-refractivity contribution < 1.29 is 23.1 Å². The fourth-order valence-corrected chi connectivity index (χ4v) is 1.49. The van der Waals surface area contributed by atoms with Crippen LogP contribution in [-0.4, -0.2) is 25.1 Å². The summed E-state index contributed by atoms with van der Waals surface area (Å²) in [7, 11) is 0. The minimum Gasteiger partial charge on any atom is -0.434 e. The van der Waals surface area contributed by atoms with E-state index in [1.165, 1.54) is 6.07 Å². The zero-order chi connectivity index (χ0) is 16.8. The summed E-state index contributed by atoms with van der Waals surface area (Å²) in [6, 6.07) is 5.60. The van der Waals surface area contributed by atoms with E-state index in [1.54, 1.807) is 32.0 Å². The predicted octanol–water partition coefficient (Wildman–Crippen LogP) is 1.60. The maximum absolute atomic E-state index is 12.3. The number of alkyl halides is 2. The third-order valence-corrected chi connectivity index (χ3v) is 2.99. The van der Waals surface area contributed by atoms with Crippen molar-refractivity contribution in [3.63, 3.8) is 0 Å². The van der Waals surface area contributed by atoms with Gasteiger partial charge in [-0.25, -0.2) is 4.79 Å². The van der Waals surface area contributed by atoms with E-state index in [9.17, 15) is 18.4 Å². The Morgan fingerprint density at radius 3 is 2.50 bits per heavy atom. The first-order valence-electron chi connectivity index (χ1n) is 6.56. The number of rotatable bonds is 7. The largest absolute Gasteiger partial charge is 0.434 e. The first kappa shape index (κ1) is 17.7. The number of halogens is 2. The van der Waals surface area contributed by atoms with E-state index in [4.69, 9.17) is 5.73 Å². The molecule has 1 rings (SSSR count). The fourth-order valence-electron chi connectivity index (χ4n) is 1.49. The summed E-state index contributed by atoms with van der Waals surface area (Å²) < 4.78 is 28.9. The van der Waals surface area contributed by atoms with Crippen LogP contribution in [0.1, 0.15) is 19.4 Å². The average molecular weight is 315 g/mol. The van der Waals surface area contributed by atoms with Gasteiger partial charge < -0.3 is 21.1 Å². The van der Waals surface area contributed by atoms with E-state index in [2.05, 4.69) is 15.4 Å². The number of carbonyl (C=O) groups is 2. The molecule has 0 bridgehead atoms. The lowest BCUT2D eigenvalue weighted by atomic mass is 9.93.